The predicted octanol–water partition coefficient (Wildman–Crippen LogP) is 2.33. The molecule has 0 fully saturated rings. The third-order valence-electron chi connectivity index (χ3n) is 2.25. The highest BCUT2D eigenvalue weighted by molar-refractivity contribution is 7.92. The van der Waals surface area contributed by atoms with Crippen LogP contribution in [0.3, 0.4) is 0 Å². The first kappa shape index (κ1) is 14.3. The first-order valence-corrected chi connectivity index (χ1v) is 7.22. The van der Waals surface area contributed by atoms with Crippen LogP contribution >= 0.6 is 11.6 Å². The van der Waals surface area contributed by atoms with Crippen LogP contribution < -0.4 is 4.74 Å². The molecule has 1 aromatic rings. The number of ether oxygens (including phenoxy) is 1. The molecule has 0 aliphatic rings. The molecule has 0 bridgehead atoms. The molecule has 0 aliphatic carbocycles. The second-order valence-electron chi connectivity index (χ2n) is 4.60. The Kier molecular flexibility index (Phi) is 4.38. The van der Waals surface area contributed by atoms with Gasteiger partial charge in [0.1, 0.15) is 17.5 Å². The van der Waals surface area contributed by atoms with Crippen LogP contribution in [0.1, 0.15) is 20.8 Å². The van der Waals surface area contributed by atoms with Gasteiger partial charge in [0.05, 0.1) is 16.7 Å². The zero-order chi connectivity index (χ0) is 13.1. The lowest BCUT2D eigenvalue weighted by Crippen LogP contribution is -2.32. The molecule has 0 aliphatic heterocycles. The number of aromatic nitrogens is 1. The molecular weight excluding hydrogens is 262 g/mol. The highest BCUT2D eigenvalue weighted by Gasteiger charge is 2.28. The predicted molar refractivity (Wildman–Crippen MR) is 68.3 cm³/mol. The molecule has 1 aromatic heterocycles. The van der Waals surface area contributed by atoms with Crippen molar-refractivity contribution in [3.8, 4) is 5.75 Å². The Morgan fingerprint density at radius 3 is 2.47 bits per heavy atom. The van der Waals surface area contributed by atoms with E-state index in [9.17, 15) is 8.42 Å². The van der Waals surface area contributed by atoms with Crippen molar-refractivity contribution in [2.24, 2.45) is 0 Å². The lowest BCUT2D eigenvalue weighted by molar-refractivity contribution is 0.338. The van der Waals surface area contributed by atoms with Gasteiger partial charge < -0.3 is 4.74 Å². The summed E-state index contributed by atoms with van der Waals surface area (Å²) in [6, 6.07) is 3.24. The summed E-state index contributed by atoms with van der Waals surface area (Å²) in [6.45, 7) is 5.13. The van der Waals surface area contributed by atoms with Gasteiger partial charge in [-0.15, -0.1) is 0 Å². The van der Waals surface area contributed by atoms with E-state index < -0.39 is 14.6 Å². The Balaban J connectivity index is 2.52. The van der Waals surface area contributed by atoms with Gasteiger partial charge in [0.2, 0.25) is 0 Å². The van der Waals surface area contributed by atoms with Gasteiger partial charge in [-0.25, -0.2) is 13.4 Å². The Labute approximate surface area is 107 Å². The number of rotatable bonds is 4. The third-order valence-corrected chi connectivity index (χ3v) is 5.05. The Morgan fingerprint density at radius 2 is 2.00 bits per heavy atom. The van der Waals surface area contributed by atoms with E-state index in [0.717, 1.165) is 0 Å². The first-order chi connectivity index (χ1) is 7.72. The summed E-state index contributed by atoms with van der Waals surface area (Å²) in [4.78, 5) is 3.83. The minimum absolute atomic E-state index is 0.0148. The summed E-state index contributed by atoms with van der Waals surface area (Å²) in [7, 11) is -3.15. The zero-order valence-corrected chi connectivity index (χ0v) is 11.7. The zero-order valence-electron chi connectivity index (χ0n) is 10.1. The summed E-state index contributed by atoms with van der Waals surface area (Å²) in [5.41, 5.74) is 0. The third kappa shape index (κ3) is 4.16. The topological polar surface area (TPSA) is 56.3 Å². The van der Waals surface area contributed by atoms with Gasteiger partial charge in [0, 0.05) is 0 Å². The highest BCUT2D eigenvalue weighted by atomic mass is 35.5. The summed E-state index contributed by atoms with van der Waals surface area (Å²) < 4.78 is 28.1. The number of hydrogen-bond acceptors (Lipinski definition) is 4. The van der Waals surface area contributed by atoms with Crippen molar-refractivity contribution in [2.45, 2.75) is 25.5 Å². The van der Waals surface area contributed by atoms with Crippen LogP contribution in [0, 0.1) is 0 Å². The normalized spacial score (nSPS) is 12.5. The van der Waals surface area contributed by atoms with Gasteiger partial charge in [-0.1, -0.05) is 11.6 Å². The van der Waals surface area contributed by atoms with Gasteiger partial charge >= 0.3 is 0 Å². The first-order valence-electron chi connectivity index (χ1n) is 5.19. The lowest BCUT2D eigenvalue weighted by atomic mass is 10.3. The average molecular weight is 278 g/mol. The molecular formula is C11H16ClNO3S. The van der Waals surface area contributed by atoms with E-state index in [1.807, 2.05) is 0 Å². The van der Waals surface area contributed by atoms with Crippen molar-refractivity contribution in [2.75, 3.05) is 12.4 Å². The maximum absolute atomic E-state index is 11.8. The molecule has 0 amide bonds. The van der Waals surface area contributed by atoms with Gasteiger partial charge in [0.25, 0.3) is 0 Å². The maximum Gasteiger partial charge on any atom is 0.158 e. The molecule has 1 heterocycles. The van der Waals surface area contributed by atoms with Gasteiger partial charge in [-0.3, -0.25) is 0 Å². The summed E-state index contributed by atoms with van der Waals surface area (Å²) in [5.74, 6) is 0.498. The van der Waals surface area contributed by atoms with Crippen LogP contribution in [-0.2, 0) is 9.84 Å². The van der Waals surface area contributed by atoms with Crippen LogP contribution in [0.15, 0.2) is 18.3 Å². The second kappa shape index (κ2) is 5.23. The van der Waals surface area contributed by atoms with Crippen molar-refractivity contribution < 1.29 is 13.2 Å². The SMILES string of the molecule is CC(C)(C)S(=O)(=O)CCOc1ccc(Cl)nc1. The van der Waals surface area contributed by atoms with E-state index in [1.54, 1.807) is 32.9 Å². The van der Waals surface area contributed by atoms with Crippen LogP contribution in [0.4, 0.5) is 0 Å². The summed E-state index contributed by atoms with van der Waals surface area (Å²) in [6.07, 6.45) is 1.46. The van der Waals surface area contributed by atoms with Crippen molar-refractivity contribution in [1.29, 1.82) is 0 Å². The highest BCUT2D eigenvalue weighted by Crippen LogP contribution is 2.17. The minimum atomic E-state index is -3.15. The summed E-state index contributed by atoms with van der Waals surface area (Å²) >= 11 is 5.62. The number of pyridine rings is 1. The molecule has 1 rings (SSSR count). The molecule has 0 atom stereocenters. The quantitative estimate of drug-likeness (QED) is 0.793. The van der Waals surface area contributed by atoms with E-state index in [4.69, 9.17) is 16.3 Å². The number of hydrogen-bond donors (Lipinski definition) is 0. The van der Waals surface area contributed by atoms with E-state index >= 15 is 0 Å². The molecule has 96 valence electrons. The maximum atomic E-state index is 11.8. The largest absolute Gasteiger partial charge is 0.491 e. The van der Waals surface area contributed by atoms with Gasteiger partial charge in [0.15, 0.2) is 9.84 Å². The molecule has 0 saturated carbocycles. The second-order valence-corrected chi connectivity index (χ2v) is 7.85. The Bertz CT molecular complexity index is 462. The van der Waals surface area contributed by atoms with Crippen molar-refractivity contribution in [3.63, 3.8) is 0 Å². The molecule has 0 aromatic carbocycles. The number of sulfone groups is 1. The molecule has 0 spiro atoms. The molecule has 0 saturated heterocycles. The molecule has 17 heavy (non-hydrogen) atoms. The Morgan fingerprint density at radius 1 is 1.35 bits per heavy atom. The van der Waals surface area contributed by atoms with E-state index in [0.29, 0.717) is 10.9 Å². The number of nitrogens with zero attached hydrogens (tertiary/aromatic N) is 1. The van der Waals surface area contributed by atoms with Gasteiger partial charge in [-0.05, 0) is 32.9 Å². The molecule has 0 unspecified atom stereocenters. The van der Waals surface area contributed by atoms with Crippen molar-refractivity contribution in [1.82, 2.24) is 4.98 Å². The number of halogens is 1. The monoisotopic (exact) mass is 277 g/mol. The lowest BCUT2D eigenvalue weighted by Gasteiger charge is -2.19. The van der Waals surface area contributed by atoms with Crippen LogP contribution in [0.25, 0.3) is 0 Å². The fourth-order valence-corrected chi connectivity index (χ4v) is 2.05. The fourth-order valence-electron chi connectivity index (χ4n) is 1.02. The van der Waals surface area contributed by atoms with Crippen molar-refractivity contribution >= 4 is 21.4 Å². The standard InChI is InChI=1S/C11H16ClNO3S/c1-11(2,3)17(14,15)7-6-16-9-4-5-10(12)13-8-9/h4-5,8H,6-7H2,1-3H3. The average Bonchev–Trinajstić information content (AvgIpc) is 2.19. The molecule has 4 nitrogen and oxygen atoms in total. The molecule has 0 N–H and O–H groups in total. The van der Waals surface area contributed by atoms with Crippen molar-refractivity contribution in [3.05, 3.63) is 23.5 Å². The summed E-state index contributed by atoms with van der Waals surface area (Å²) in [5, 5.41) is 0.375. The van der Waals surface area contributed by atoms with E-state index in [2.05, 4.69) is 4.98 Å². The Hall–Kier alpha value is -0.810. The van der Waals surface area contributed by atoms with E-state index in [1.165, 1.54) is 6.20 Å². The van der Waals surface area contributed by atoms with Crippen LogP contribution in [0.2, 0.25) is 5.15 Å². The van der Waals surface area contributed by atoms with Crippen LogP contribution in [0.5, 0.6) is 5.75 Å². The molecule has 0 radical (unpaired) electrons. The van der Waals surface area contributed by atoms with E-state index in [-0.39, 0.29) is 12.4 Å². The minimum Gasteiger partial charge on any atom is -0.491 e. The molecule has 6 heteroatoms. The van der Waals surface area contributed by atoms with Crippen LogP contribution in [-0.4, -0.2) is 30.5 Å². The smallest absolute Gasteiger partial charge is 0.158 e. The van der Waals surface area contributed by atoms with Gasteiger partial charge in [-0.2, -0.15) is 0 Å². The fraction of sp³-hybridized carbons (Fsp3) is 0.545.